The van der Waals surface area contributed by atoms with Crippen LogP contribution >= 0.6 is 0 Å². The molecule has 178 valence electrons. The summed E-state index contributed by atoms with van der Waals surface area (Å²) in [5.74, 6) is -0.165. The molecule has 0 aromatic heterocycles. The van der Waals surface area contributed by atoms with Crippen molar-refractivity contribution in [3.63, 3.8) is 0 Å². The standard InChI is InChI=1S/C26H32N6O2/c1-26(2,3)20-17-30-21-22(27-24(30)32(28-20)16-19-13-9-6-10-14-19)29(4)25(34)31(23(21)33)15-18-11-7-5-8-12-18/h5-14,21-22,24,27H,15-17H2,1-4H3. The monoisotopic (exact) mass is 460 g/mol. The first-order chi connectivity index (χ1) is 16.2. The third-order valence-electron chi connectivity index (χ3n) is 6.86. The number of nitrogens with one attached hydrogen (secondary N) is 1. The van der Waals surface area contributed by atoms with Gasteiger partial charge in [0.15, 0.2) is 6.29 Å². The average molecular weight is 461 g/mol. The largest absolute Gasteiger partial charge is 0.328 e. The van der Waals surface area contributed by atoms with E-state index >= 15 is 0 Å². The van der Waals surface area contributed by atoms with Gasteiger partial charge in [-0.25, -0.2) is 9.69 Å². The number of likely N-dealkylation sites (N-methyl/N-ethyl adjacent to an activating group) is 1. The number of hydrazone groups is 1. The molecule has 2 aromatic rings. The number of amides is 3. The lowest BCUT2D eigenvalue weighted by Crippen LogP contribution is -2.66. The second-order valence-corrected chi connectivity index (χ2v) is 10.3. The van der Waals surface area contributed by atoms with Crippen LogP contribution in [-0.4, -0.2) is 69.4 Å². The van der Waals surface area contributed by atoms with Crippen LogP contribution in [0.1, 0.15) is 31.9 Å². The Morgan fingerprint density at radius 1 is 0.941 bits per heavy atom. The van der Waals surface area contributed by atoms with Gasteiger partial charge in [-0.3, -0.25) is 20.0 Å². The summed E-state index contributed by atoms with van der Waals surface area (Å²) in [6.45, 7) is 7.88. The van der Waals surface area contributed by atoms with Crippen LogP contribution in [-0.2, 0) is 17.9 Å². The molecule has 0 spiro atoms. The summed E-state index contributed by atoms with van der Waals surface area (Å²) >= 11 is 0. The number of carbonyl (C=O) groups is 2. The summed E-state index contributed by atoms with van der Waals surface area (Å²) in [5, 5.41) is 10.6. The molecule has 0 saturated carbocycles. The van der Waals surface area contributed by atoms with Crippen LogP contribution in [0.2, 0.25) is 0 Å². The lowest BCUT2D eigenvalue weighted by atomic mass is 9.89. The third-order valence-corrected chi connectivity index (χ3v) is 6.86. The lowest BCUT2D eigenvalue weighted by Gasteiger charge is -2.44. The van der Waals surface area contributed by atoms with E-state index in [2.05, 4.69) is 43.1 Å². The van der Waals surface area contributed by atoms with Crippen LogP contribution in [0.4, 0.5) is 4.79 Å². The Balaban J connectivity index is 1.48. The smallest absolute Gasteiger partial charge is 0.310 e. The molecule has 0 radical (unpaired) electrons. The maximum Gasteiger partial charge on any atom is 0.328 e. The molecule has 34 heavy (non-hydrogen) atoms. The number of benzene rings is 2. The molecular formula is C26H32N6O2. The van der Waals surface area contributed by atoms with E-state index in [1.807, 2.05) is 53.5 Å². The molecule has 3 amide bonds. The molecule has 3 unspecified atom stereocenters. The summed E-state index contributed by atoms with van der Waals surface area (Å²) in [7, 11) is 1.77. The summed E-state index contributed by atoms with van der Waals surface area (Å²) in [6, 6.07) is 19.1. The van der Waals surface area contributed by atoms with E-state index in [-0.39, 0.29) is 30.2 Å². The van der Waals surface area contributed by atoms with Crippen molar-refractivity contribution in [1.82, 2.24) is 25.0 Å². The van der Waals surface area contributed by atoms with Crippen LogP contribution in [0, 0.1) is 5.41 Å². The van der Waals surface area contributed by atoms with Gasteiger partial charge in [0.2, 0.25) is 0 Å². The maximum absolute atomic E-state index is 13.8. The van der Waals surface area contributed by atoms with Gasteiger partial charge in [0, 0.05) is 19.0 Å². The quantitative estimate of drug-likeness (QED) is 0.760. The number of urea groups is 1. The summed E-state index contributed by atoms with van der Waals surface area (Å²) in [6.07, 6.45) is -0.693. The SMILES string of the molecule is CN1C(=O)N(Cc2ccccc2)C(=O)C2C1NC1N(Cc3ccccc3)N=C(C(C)(C)C)CN21. The van der Waals surface area contributed by atoms with E-state index in [0.717, 1.165) is 16.8 Å². The molecule has 0 aliphatic carbocycles. The highest BCUT2D eigenvalue weighted by molar-refractivity contribution is 6.01. The molecule has 2 fully saturated rings. The number of hydrogen-bond donors (Lipinski definition) is 1. The molecule has 8 heteroatoms. The van der Waals surface area contributed by atoms with Crippen molar-refractivity contribution in [1.29, 1.82) is 0 Å². The zero-order valence-corrected chi connectivity index (χ0v) is 20.2. The van der Waals surface area contributed by atoms with Gasteiger partial charge in [-0.15, -0.1) is 0 Å². The fourth-order valence-corrected chi connectivity index (χ4v) is 4.88. The first-order valence-electron chi connectivity index (χ1n) is 11.8. The Labute approximate surface area is 200 Å². The molecule has 0 bridgehead atoms. The van der Waals surface area contributed by atoms with Crippen molar-refractivity contribution in [2.75, 3.05) is 13.6 Å². The second kappa shape index (κ2) is 8.52. The first-order valence-corrected chi connectivity index (χ1v) is 11.8. The first kappa shape index (κ1) is 22.6. The zero-order chi connectivity index (χ0) is 24.0. The zero-order valence-electron chi connectivity index (χ0n) is 20.2. The Bertz CT molecular complexity index is 1100. The molecule has 5 rings (SSSR count). The highest BCUT2D eigenvalue weighted by atomic mass is 16.2. The van der Waals surface area contributed by atoms with Crippen molar-refractivity contribution in [3.05, 3.63) is 71.8 Å². The molecule has 8 nitrogen and oxygen atoms in total. The van der Waals surface area contributed by atoms with Gasteiger partial charge in [-0.1, -0.05) is 81.4 Å². The van der Waals surface area contributed by atoms with Crippen LogP contribution in [0.5, 0.6) is 0 Å². The number of hydrogen-bond acceptors (Lipinski definition) is 6. The molecule has 2 saturated heterocycles. The number of fused-ring (bicyclic) bond motifs is 3. The highest BCUT2D eigenvalue weighted by Gasteiger charge is 2.57. The van der Waals surface area contributed by atoms with Gasteiger partial charge in [-0.05, 0) is 11.1 Å². The Morgan fingerprint density at radius 3 is 2.12 bits per heavy atom. The Morgan fingerprint density at radius 2 is 1.53 bits per heavy atom. The minimum atomic E-state index is -0.484. The summed E-state index contributed by atoms with van der Waals surface area (Å²) < 4.78 is 0. The van der Waals surface area contributed by atoms with Gasteiger partial charge in [0.25, 0.3) is 5.91 Å². The Kier molecular flexibility index (Phi) is 5.65. The molecular weight excluding hydrogens is 428 g/mol. The molecule has 2 aromatic carbocycles. The normalized spacial score (nSPS) is 25.4. The van der Waals surface area contributed by atoms with Crippen LogP contribution in [0.3, 0.4) is 0 Å². The fraction of sp³-hybridized carbons (Fsp3) is 0.423. The molecule has 3 heterocycles. The predicted octanol–water partition coefficient (Wildman–Crippen LogP) is 2.88. The van der Waals surface area contributed by atoms with Crippen molar-refractivity contribution in [2.24, 2.45) is 10.5 Å². The van der Waals surface area contributed by atoms with Crippen molar-refractivity contribution >= 4 is 17.6 Å². The van der Waals surface area contributed by atoms with E-state index in [4.69, 9.17) is 5.10 Å². The predicted molar refractivity (Wildman–Crippen MR) is 130 cm³/mol. The molecule has 3 atom stereocenters. The fourth-order valence-electron chi connectivity index (χ4n) is 4.88. The van der Waals surface area contributed by atoms with Gasteiger partial charge in [0.05, 0.1) is 18.8 Å². The average Bonchev–Trinajstić information content (AvgIpc) is 3.21. The molecule has 3 aliphatic rings. The van der Waals surface area contributed by atoms with Gasteiger partial charge >= 0.3 is 6.03 Å². The van der Waals surface area contributed by atoms with E-state index in [9.17, 15) is 9.59 Å². The number of carbonyl (C=O) groups excluding carboxylic acids is 2. The minimum Gasteiger partial charge on any atom is -0.310 e. The lowest BCUT2D eigenvalue weighted by molar-refractivity contribution is -0.139. The van der Waals surface area contributed by atoms with Crippen molar-refractivity contribution < 1.29 is 9.59 Å². The maximum atomic E-state index is 13.8. The van der Waals surface area contributed by atoms with Crippen LogP contribution < -0.4 is 5.32 Å². The minimum absolute atomic E-state index is 0.152. The van der Waals surface area contributed by atoms with E-state index < -0.39 is 12.2 Å². The molecule has 3 aliphatic heterocycles. The van der Waals surface area contributed by atoms with E-state index in [1.54, 1.807) is 11.9 Å². The number of imide groups is 1. The third kappa shape index (κ3) is 3.97. The van der Waals surface area contributed by atoms with Gasteiger partial charge < -0.3 is 4.90 Å². The van der Waals surface area contributed by atoms with E-state index in [1.165, 1.54) is 4.90 Å². The van der Waals surface area contributed by atoms with E-state index in [0.29, 0.717) is 13.1 Å². The van der Waals surface area contributed by atoms with Crippen molar-refractivity contribution in [2.45, 2.75) is 52.4 Å². The van der Waals surface area contributed by atoms with Gasteiger partial charge in [0.1, 0.15) is 12.2 Å². The van der Waals surface area contributed by atoms with Crippen molar-refractivity contribution in [3.8, 4) is 0 Å². The Hall–Kier alpha value is -3.23. The topological polar surface area (TPSA) is 71.5 Å². The van der Waals surface area contributed by atoms with Crippen LogP contribution in [0.25, 0.3) is 0 Å². The highest BCUT2D eigenvalue weighted by Crippen LogP contribution is 2.34. The summed E-state index contributed by atoms with van der Waals surface area (Å²) in [4.78, 5) is 32.2. The summed E-state index contributed by atoms with van der Waals surface area (Å²) in [5.41, 5.74) is 2.93. The van der Waals surface area contributed by atoms with Gasteiger partial charge in [-0.2, -0.15) is 5.10 Å². The molecule has 1 N–H and O–H groups in total. The number of rotatable bonds is 4. The second-order valence-electron chi connectivity index (χ2n) is 10.3. The number of nitrogens with zero attached hydrogens (tertiary/aromatic N) is 5. The van der Waals surface area contributed by atoms with Crippen LogP contribution in [0.15, 0.2) is 65.8 Å².